The quantitative estimate of drug-likeness (QED) is 0.771. The molecule has 0 saturated carbocycles. The lowest BCUT2D eigenvalue weighted by atomic mass is 10.0. The monoisotopic (exact) mass is 325 g/mol. The first kappa shape index (κ1) is 16.7. The van der Waals surface area contributed by atoms with Gasteiger partial charge in [-0.2, -0.15) is 5.10 Å². The molecule has 0 spiro atoms. The van der Waals surface area contributed by atoms with Crippen molar-refractivity contribution in [2.24, 2.45) is 5.92 Å². The Morgan fingerprint density at radius 2 is 2.23 bits per heavy atom. The summed E-state index contributed by atoms with van der Waals surface area (Å²) in [6, 6.07) is -0.424. The summed E-state index contributed by atoms with van der Waals surface area (Å²) in [5.74, 6) is 0.678. The van der Waals surface area contributed by atoms with Gasteiger partial charge in [-0.1, -0.05) is 13.8 Å². The molecule has 1 saturated heterocycles. The van der Waals surface area contributed by atoms with Gasteiger partial charge in [0.2, 0.25) is 11.8 Å². The largest absolute Gasteiger partial charge is 0.347 e. The average Bonchev–Trinajstić information content (AvgIpc) is 3.03. The number of likely N-dealkylation sites (tertiary alicyclic amines) is 1. The highest BCUT2D eigenvalue weighted by atomic mass is 32.1. The summed E-state index contributed by atoms with van der Waals surface area (Å²) in [6.45, 7) is 7.53. The normalized spacial score (nSPS) is 16.4. The highest BCUT2D eigenvalue weighted by Crippen LogP contribution is 2.19. The summed E-state index contributed by atoms with van der Waals surface area (Å²) >= 11 is 5.13. The maximum atomic E-state index is 12.5. The highest BCUT2D eigenvalue weighted by Gasteiger charge is 2.34. The molecule has 1 aromatic heterocycles. The number of rotatable bonds is 6. The number of aromatic nitrogens is 3. The number of carbonyl (C=O) groups is 2. The van der Waals surface area contributed by atoms with E-state index in [0.29, 0.717) is 36.7 Å². The van der Waals surface area contributed by atoms with Crippen LogP contribution in [0.3, 0.4) is 0 Å². The number of carbonyl (C=O) groups excluding carboxylic acids is 2. The van der Waals surface area contributed by atoms with E-state index in [1.807, 2.05) is 25.3 Å². The Kier molecular flexibility index (Phi) is 5.33. The lowest BCUT2D eigenvalue weighted by Gasteiger charge is -2.29. The summed E-state index contributed by atoms with van der Waals surface area (Å²) in [5, 5.41) is 9.74. The number of aromatic amines is 1. The van der Waals surface area contributed by atoms with Crippen molar-refractivity contribution in [2.75, 3.05) is 6.54 Å². The number of nitrogens with zero attached hydrogens (tertiary/aromatic N) is 3. The summed E-state index contributed by atoms with van der Waals surface area (Å²) in [4.78, 5) is 26.1. The standard InChI is InChI=1S/C14H23N5O2S/c1-4-18-10(16-17-14(18)22)8-15-13(21)12(9(2)3)19-7-5-6-11(19)20/h9,12H,4-8H2,1-3H3,(H,15,21)(H,17,22). The molecule has 2 N–H and O–H groups in total. The van der Waals surface area contributed by atoms with Crippen LogP contribution >= 0.6 is 12.2 Å². The van der Waals surface area contributed by atoms with Gasteiger partial charge in [-0.15, -0.1) is 0 Å². The van der Waals surface area contributed by atoms with Gasteiger partial charge in [-0.3, -0.25) is 14.7 Å². The summed E-state index contributed by atoms with van der Waals surface area (Å²) < 4.78 is 2.38. The van der Waals surface area contributed by atoms with Crippen molar-refractivity contribution in [3.8, 4) is 0 Å². The third kappa shape index (κ3) is 3.37. The molecule has 0 aliphatic carbocycles. The molecule has 2 rings (SSSR count). The third-order valence-corrected chi connectivity index (χ3v) is 4.23. The first-order valence-corrected chi connectivity index (χ1v) is 8.07. The van der Waals surface area contributed by atoms with Crippen molar-refractivity contribution in [3.63, 3.8) is 0 Å². The van der Waals surface area contributed by atoms with E-state index >= 15 is 0 Å². The first-order valence-electron chi connectivity index (χ1n) is 7.67. The minimum Gasteiger partial charge on any atom is -0.347 e. The Labute approximate surface area is 135 Å². The van der Waals surface area contributed by atoms with Gasteiger partial charge in [0.1, 0.15) is 6.04 Å². The highest BCUT2D eigenvalue weighted by molar-refractivity contribution is 7.71. The molecule has 22 heavy (non-hydrogen) atoms. The smallest absolute Gasteiger partial charge is 0.243 e. The second-order valence-electron chi connectivity index (χ2n) is 5.79. The van der Waals surface area contributed by atoms with Crippen LogP contribution in [0, 0.1) is 10.7 Å². The van der Waals surface area contributed by atoms with Crippen LogP contribution in [0.15, 0.2) is 0 Å². The molecule has 0 radical (unpaired) electrons. The second kappa shape index (κ2) is 7.04. The fourth-order valence-corrected chi connectivity index (χ4v) is 3.13. The van der Waals surface area contributed by atoms with Gasteiger partial charge in [-0.05, 0) is 31.5 Å². The predicted molar refractivity (Wildman–Crippen MR) is 84.5 cm³/mol. The minimum atomic E-state index is -0.424. The fourth-order valence-electron chi connectivity index (χ4n) is 2.85. The van der Waals surface area contributed by atoms with Crippen molar-refractivity contribution in [1.82, 2.24) is 25.0 Å². The first-order chi connectivity index (χ1) is 10.5. The number of hydrogen-bond acceptors (Lipinski definition) is 4. The van der Waals surface area contributed by atoms with Crippen LogP contribution in [-0.4, -0.2) is 44.1 Å². The molecular weight excluding hydrogens is 302 g/mol. The molecule has 7 nitrogen and oxygen atoms in total. The zero-order valence-corrected chi connectivity index (χ0v) is 14.1. The van der Waals surface area contributed by atoms with Crippen molar-refractivity contribution in [3.05, 3.63) is 10.6 Å². The number of nitrogens with one attached hydrogen (secondary N) is 2. The molecule has 1 aliphatic heterocycles. The van der Waals surface area contributed by atoms with Crippen LogP contribution in [-0.2, 0) is 22.7 Å². The molecule has 8 heteroatoms. The molecule has 1 aromatic rings. The van der Waals surface area contributed by atoms with Crippen LogP contribution < -0.4 is 5.32 Å². The van der Waals surface area contributed by atoms with Gasteiger partial charge in [-0.25, -0.2) is 0 Å². The SMILES string of the molecule is CCn1c(CNC(=O)C(C(C)C)N2CCCC2=O)n[nH]c1=S. The molecule has 1 fully saturated rings. The lowest BCUT2D eigenvalue weighted by Crippen LogP contribution is -2.50. The van der Waals surface area contributed by atoms with Crippen molar-refractivity contribution < 1.29 is 9.59 Å². The topological polar surface area (TPSA) is 83.0 Å². The van der Waals surface area contributed by atoms with Gasteiger partial charge in [0, 0.05) is 19.5 Å². The van der Waals surface area contributed by atoms with E-state index in [4.69, 9.17) is 12.2 Å². The summed E-state index contributed by atoms with van der Waals surface area (Å²) in [6.07, 6.45) is 1.36. The maximum Gasteiger partial charge on any atom is 0.243 e. The van der Waals surface area contributed by atoms with E-state index in [0.717, 1.165) is 6.42 Å². The fraction of sp³-hybridized carbons (Fsp3) is 0.714. The Morgan fingerprint density at radius 3 is 2.77 bits per heavy atom. The van der Waals surface area contributed by atoms with E-state index in [2.05, 4.69) is 15.5 Å². The molecule has 0 aromatic carbocycles. The van der Waals surface area contributed by atoms with Gasteiger partial charge in [0.25, 0.3) is 0 Å². The Bertz CT molecular complexity index is 607. The van der Waals surface area contributed by atoms with Gasteiger partial charge < -0.3 is 14.8 Å². The zero-order valence-electron chi connectivity index (χ0n) is 13.3. The van der Waals surface area contributed by atoms with Crippen LogP contribution in [0.2, 0.25) is 0 Å². The second-order valence-corrected chi connectivity index (χ2v) is 6.17. The molecule has 122 valence electrons. The molecule has 0 bridgehead atoms. The van der Waals surface area contributed by atoms with Crippen molar-refractivity contribution in [2.45, 2.75) is 52.7 Å². The van der Waals surface area contributed by atoms with Gasteiger partial charge in [0.05, 0.1) is 6.54 Å². The summed E-state index contributed by atoms with van der Waals surface area (Å²) in [5.41, 5.74) is 0. The molecule has 2 heterocycles. The molecule has 1 aliphatic rings. The molecule has 1 unspecified atom stereocenters. The lowest BCUT2D eigenvalue weighted by molar-refractivity contribution is -0.139. The average molecular weight is 325 g/mol. The number of H-pyrrole nitrogens is 1. The van der Waals surface area contributed by atoms with E-state index in [-0.39, 0.29) is 17.7 Å². The van der Waals surface area contributed by atoms with Gasteiger partial charge in [0.15, 0.2) is 10.6 Å². The Balaban J connectivity index is 2.05. The number of amides is 2. The van der Waals surface area contributed by atoms with E-state index in [1.54, 1.807) is 4.90 Å². The van der Waals surface area contributed by atoms with Crippen molar-refractivity contribution >= 4 is 24.0 Å². The van der Waals surface area contributed by atoms with Gasteiger partial charge >= 0.3 is 0 Å². The number of hydrogen-bond donors (Lipinski definition) is 2. The van der Waals surface area contributed by atoms with Crippen LogP contribution in [0.5, 0.6) is 0 Å². The summed E-state index contributed by atoms with van der Waals surface area (Å²) in [7, 11) is 0. The molecule has 2 amide bonds. The van der Waals surface area contributed by atoms with E-state index in [9.17, 15) is 9.59 Å². The van der Waals surface area contributed by atoms with Crippen molar-refractivity contribution in [1.29, 1.82) is 0 Å². The molecule has 1 atom stereocenters. The van der Waals surface area contributed by atoms with E-state index < -0.39 is 6.04 Å². The predicted octanol–water partition coefficient (Wildman–Crippen LogP) is 1.22. The third-order valence-electron chi connectivity index (χ3n) is 3.92. The van der Waals surface area contributed by atoms with Crippen LogP contribution in [0.1, 0.15) is 39.4 Å². The minimum absolute atomic E-state index is 0.0603. The zero-order chi connectivity index (χ0) is 16.3. The van der Waals surface area contributed by atoms with E-state index in [1.165, 1.54) is 0 Å². The Morgan fingerprint density at radius 1 is 1.50 bits per heavy atom. The maximum absolute atomic E-state index is 12.5. The van der Waals surface area contributed by atoms with Crippen LogP contribution in [0.4, 0.5) is 0 Å². The Hall–Kier alpha value is -1.70. The molecular formula is C14H23N5O2S. The van der Waals surface area contributed by atoms with Crippen LogP contribution in [0.25, 0.3) is 0 Å².